The number of hydrogen-bond acceptors (Lipinski definition) is 1. The Bertz CT molecular complexity index is 1120. The molecule has 0 aliphatic rings. The SMILES string of the molecule is CC(C)(C)C(O[SiH](c1ccccc1)c1ccccc1)c1c(Cl)ccc(-n2cccc2)c1Cl. The van der Waals surface area contributed by atoms with Gasteiger partial charge in [-0.1, -0.05) is 105 Å². The Hall–Kier alpha value is -2.30. The van der Waals surface area contributed by atoms with Crippen molar-refractivity contribution in [3.8, 4) is 5.69 Å². The lowest BCUT2D eigenvalue weighted by Gasteiger charge is -2.36. The molecule has 164 valence electrons. The molecular formula is C27H27Cl2NOSi. The first-order chi connectivity index (χ1) is 15.4. The Kier molecular flexibility index (Phi) is 6.92. The van der Waals surface area contributed by atoms with Crippen LogP contribution < -0.4 is 10.4 Å². The first-order valence-electron chi connectivity index (χ1n) is 10.7. The van der Waals surface area contributed by atoms with Crippen LogP contribution >= 0.6 is 23.2 Å². The van der Waals surface area contributed by atoms with E-state index in [1.165, 1.54) is 10.4 Å². The Balaban J connectivity index is 1.84. The Morgan fingerprint density at radius 3 is 1.78 bits per heavy atom. The topological polar surface area (TPSA) is 14.2 Å². The number of nitrogens with zero attached hydrogens (tertiary/aromatic N) is 1. The molecule has 32 heavy (non-hydrogen) atoms. The number of rotatable bonds is 6. The van der Waals surface area contributed by atoms with Gasteiger partial charge in [0, 0.05) is 23.0 Å². The fraction of sp³-hybridized carbons (Fsp3) is 0.185. The van der Waals surface area contributed by atoms with Gasteiger partial charge in [-0.05, 0) is 40.1 Å². The molecule has 4 rings (SSSR count). The van der Waals surface area contributed by atoms with Crippen molar-refractivity contribution >= 4 is 42.6 Å². The van der Waals surface area contributed by atoms with Crippen molar-refractivity contribution in [2.45, 2.75) is 26.9 Å². The van der Waals surface area contributed by atoms with Crippen LogP contribution in [0.5, 0.6) is 0 Å². The van der Waals surface area contributed by atoms with Crippen LogP contribution in [0.2, 0.25) is 10.0 Å². The van der Waals surface area contributed by atoms with Crippen LogP contribution in [0.1, 0.15) is 32.4 Å². The minimum Gasteiger partial charge on any atom is -0.403 e. The van der Waals surface area contributed by atoms with Crippen molar-refractivity contribution in [2.75, 3.05) is 0 Å². The summed E-state index contributed by atoms with van der Waals surface area (Å²) in [5.41, 5.74) is 1.51. The molecule has 2 nitrogen and oxygen atoms in total. The van der Waals surface area contributed by atoms with E-state index in [2.05, 4.69) is 69.3 Å². The highest BCUT2D eigenvalue weighted by Crippen LogP contribution is 2.44. The molecule has 1 aromatic heterocycles. The average molecular weight is 481 g/mol. The summed E-state index contributed by atoms with van der Waals surface area (Å²) in [6.45, 7) is 6.52. The molecule has 1 atom stereocenters. The highest BCUT2D eigenvalue weighted by Gasteiger charge is 2.35. The monoisotopic (exact) mass is 479 g/mol. The largest absolute Gasteiger partial charge is 0.403 e. The van der Waals surface area contributed by atoms with Crippen LogP contribution in [0.25, 0.3) is 5.69 Å². The van der Waals surface area contributed by atoms with Gasteiger partial charge in [0.2, 0.25) is 9.04 Å². The van der Waals surface area contributed by atoms with Gasteiger partial charge >= 0.3 is 0 Å². The predicted octanol–water partition coefficient (Wildman–Crippen LogP) is 6.43. The molecule has 0 aliphatic carbocycles. The molecule has 0 amide bonds. The molecule has 0 saturated heterocycles. The minimum atomic E-state index is -2.02. The van der Waals surface area contributed by atoms with E-state index in [9.17, 15) is 0 Å². The zero-order valence-electron chi connectivity index (χ0n) is 18.5. The molecule has 0 spiro atoms. The van der Waals surface area contributed by atoms with E-state index in [1.54, 1.807) is 0 Å². The van der Waals surface area contributed by atoms with Gasteiger partial charge < -0.3 is 8.99 Å². The van der Waals surface area contributed by atoms with Crippen LogP contribution in [0.15, 0.2) is 97.3 Å². The average Bonchev–Trinajstić information content (AvgIpc) is 3.31. The summed E-state index contributed by atoms with van der Waals surface area (Å²) < 4.78 is 9.07. The first kappa shape index (κ1) is 22.9. The third-order valence-corrected chi connectivity index (χ3v) is 8.77. The highest BCUT2D eigenvalue weighted by atomic mass is 35.5. The van der Waals surface area contributed by atoms with Crippen molar-refractivity contribution in [3.63, 3.8) is 0 Å². The van der Waals surface area contributed by atoms with Gasteiger partial charge in [0.15, 0.2) is 0 Å². The highest BCUT2D eigenvalue weighted by molar-refractivity contribution is 6.80. The van der Waals surface area contributed by atoms with Crippen molar-refractivity contribution in [1.29, 1.82) is 0 Å². The smallest absolute Gasteiger partial charge is 0.240 e. The quantitative estimate of drug-likeness (QED) is 0.290. The normalized spacial score (nSPS) is 12.8. The fourth-order valence-corrected chi connectivity index (χ4v) is 7.26. The van der Waals surface area contributed by atoms with Crippen LogP contribution in [0, 0.1) is 5.41 Å². The standard InChI is InChI=1S/C27H27Cl2NOSi/c1-27(2,3)26(24-22(28)16-17-23(25(24)29)30-18-10-11-19-30)31-32(20-12-6-4-7-13-20)21-14-8-5-9-15-21/h4-19,26,32H,1-3H3. The Morgan fingerprint density at radius 1 is 0.750 bits per heavy atom. The molecule has 0 bridgehead atoms. The van der Waals surface area contributed by atoms with Gasteiger partial charge in [-0.25, -0.2) is 0 Å². The first-order valence-corrected chi connectivity index (χ1v) is 13.1. The number of halogens is 2. The molecule has 3 aromatic carbocycles. The molecule has 0 saturated carbocycles. The molecule has 0 radical (unpaired) electrons. The summed E-state index contributed by atoms with van der Waals surface area (Å²) in [6, 6.07) is 28.8. The third-order valence-electron chi connectivity index (χ3n) is 5.51. The summed E-state index contributed by atoms with van der Waals surface area (Å²) >= 11 is 13.8. The molecule has 5 heteroatoms. The van der Waals surface area contributed by atoms with Crippen molar-refractivity contribution < 1.29 is 4.43 Å². The zero-order valence-corrected chi connectivity index (χ0v) is 21.2. The molecule has 0 aliphatic heterocycles. The maximum Gasteiger partial charge on any atom is 0.240 e. The van der Waals surface area contributed by atoms with Gasteiger partial charge in [0.05, 0.1) is 16.8 Å². The molecule has 4 aromatic rings. The van der Waals surface area contributed by atoms with E-state index in [1.807, 2.05) is 53.4 Å². The predicted molar refractivity (Wildman–Crippen MR) is 138 cm³/mol. The summed E-state index contributed by atoms with van der Waals surface area (Å²) in [6.07, 6.45) is 3.68. The second-order valence-electron chi connectivity index (χ2n) is 8.97. The van der Waals surface area contributed by atoms with Crippen LogP contribution in [0.4, 0.5) is 0 Å². The number of aromatic nitrogens is 1. The van der Waals surface area contributed by atoms with E-state index < -0.39 is 9.04 Å². The maximum absolute atomic E-state index is 7.07. The summed E-state index contributed by atoms with van der Waals surface area (Å²) in [4.78, 5) is 0. The van der Waals surface area contributed by atoms with Gasteiger partial charge in [0.1, 0.15) is 0 Å². The second kappa shape index (κ2) is 9.68. The number of benzene rings is 3. The lowest BCUT2D eigenvalue weighted by atomic mass is 9.84. The molecular weight excluding hydrogens is 453 g/mol. The second-order valence-corrected chi connectivity index (χ2v) is 12.1. The van der Waals surface area contributed by atoms with E-state index >= 15 is 0 Å². The molecule has 1 heterocycles. The Labute approximate surface area is 202 Å². The van der Waals surface area contributed by atoms with Crippen LogP contribution in [-0.2, 0) is 4.43 Å². The van der Waals surface area contributed by atoms with E-state index in [0.717, 1.165) is 11.3 Å². The zero-order chi connectivity index (χ0) is 22.7. The van der Waals surface area contributed by atoms with E-state index in [4.69, 9.17) is 27.6 Å². The van der Waals surface area contributed by atoms with Gasteiger partial charge in [-0.15, -0.1) is 0 Å². The summed E-state index contributed by atoms with van der Waals surface area (Å²) in [5.74, 6) is 0. The summed E-state index contributed by atoms with van der Waals surface area (Å²) in [7, 11) is -2.02. The third kappa shape index (κ3) is 4.87. The molecule has 0 N–H and O–H groups in total. The van der Waals surface area contributed by atoms with Crippen LogP contribution in [-0.4, -0.2) is 13.6 Å². The Morgan fingerprint density at radius 2 is 1.28 bits per heavy atom. The lowest BCUT2D eigenvalue weighted by molar-refractivity contribution is 0.0898. The van der Waals surface area contributed by atoms with Crippen molar-refractivity contribution in [1.82, 2.24) is 4.57 Å². The van der Waals surface area contributed by atoms with Crippen molar-refractivity contribution in [2.24, 2.45) is 5.41 Å². The number of hydrogen-bond donors (Lipinski definition) is 0. The van der Waals surface area contributed by atoms with E-state index in [-0.39, 0.29) is 11.5 Å². The minimum absolute atomic E-state index is 0.225. The van der Waals surface area contributed by atoms with Gasteiger partial charge in [-0.3, -0.25) is 0 Å². The molecule has 0 fully saturated rings. The van der Waals surface area contributed by atoms with E-state index in [0.29, 0.717) is 10.0 Å². The van der Waals surface area contributed by atoms with Crippen molar-refractivity contribution in [3.05, 3.63) is 113 Å². The van der Waals surface area contributed by atoms with Crippen LogP contribution in [0.3, 0.4) is 0 Å². The molecule has 1 unspecified atom stereocenters. The maximum atomic E-state index is 7.07. The summed E-state index contributed by atoms with van der Waals surface area (Å²) in [5, 5.41) is 3.70. The van der Waals surface area contributed by atoms with Gasteiger partial charge in [0.25, 0.3) is 0 Å². The fourth-order valence-electron chi connectivity index (χ4n) is 3.94. The lowest BCUT2D eigenvalue weighted by Crippen LogP contribution is -2.47. The van der Waals surface area contributed by atoms with Gasteiger partial charge in [-0.2, -0.15) is 0 Å².